The van der Waals surface area contributed by atoms with E-state index in [9.17, 15) is 0 Å². The maximum atomic E-state index is 4.28. The number of rotatable bonds is 3. The molecule has 4 nitrogen and oxygen atoms in total. The van der Waals surface area contributed by atoms with Crippen molar-refractivity contribution in [2.75, 3.05) is 18.4 Å². The standard InChI is InChI=1S/C11H14N4S/c1-3-12-6-9(1)13-11-5-10(14-15-11)8-2-4-16-7-8/h2,4-5,7,9,12H,1,3,6H2,(H2,13,14,15). The van der Waals surface area contributed by atoms with Crippen molar-refractivity contribution in [1.29, 1.82) is 0 Å². The quantitative estimate of drug-likeness (QED) is 0.760. The Labute approximate surface area is 98.1 Å². The molecule has 2 aromatic rings. The number of hydrogen-bond acceptors (Lipinski definition) is 4. The number of aromatic amines is 1. The van der Waals surface area contributed by atoms with Crippen LogP contribution >= 0.6 is 11.3 Å². The summed E-state index contributed by atoms with van der Waals surface area (Å²) in [6.45, 7) is 2.13. The van der Waals surface area contributed by atoms with Crippen LogP contribution in [0, 0.1) is 0 Å². The van der Waals surface area contributed by atoms with Crippen molar-refractivity contribution in [2.24, 2.45) is 0 Å². The minimum atomic E-state index is 0.513. The Morgan fingerprint density at radius 1 is 1.50 bits per heavy atom. The van der Waals surface area contributed by atoms with Gasteiger partial charge < -0.3 is 10.6 Å². The zero-order valence-electron chi connectivity index (χ0n) is 8.86. The highest BCUT2D eigenvalue weighted by Crippen LogP contribution is 2.22. The molecule has 1 atom stereocenters. The zero-order valence-corrected chi connectivity index (χ0v) is 9.68. The SMILES string of the molecule is c1cc(-c2cc(NC3CCNC3)n[nH]2)cs1. The zero-order chi connectivity index (χ0) is 10.8. The van der Waals surface area contributed by atoms with Gasteiger partial charge >= 0.3 is 0 Å². The second-order valence-corrected chi connectivity index (χ2v) is 4.79. The molecular formula is C11H14N4S. The maximum absolute atomic E-state index is 4.28. The van der Waals surface area contributed by atoms with Crippen LogP contribution in [-0.4, -0.2) is 29.3 Å². The van der Waals surface area contributed by atoms with Crippen molar-refractivity contribution in [2.45, 2.75) is 12.5 Å². The first-order valence-electron chi connectivity index (χ1n) is 5.47. The Morgan fingerprint density at radius 2 is 2.50 bits per heavy atom. The predicted molar refractivity (Wildman–Crippen MR) is 66.8 cm³/mol. The summed E-state index contributed by atoms with van der Waals surface area (Å²) in [7, 11) is 0. The number of hydrogen-bond donors (Lipinski definition) is 3. The highest BCUT2D eigenvalue weighted by Gasteiger charge is 2.15. The molecule has 16 heavy (non-hydrogen) atoms. The third kappa shape index (κ3) is 1.96. The van der Waals surface area contributed by atoms with E-state index in [1.165, 1.54) is 12.0 Å². The van der Waals surface area contributed by atoms with Gasteiger partial charge in [0.2, 0.25) is 0 Å². The second kappa shape index (κ2) is 4.27. The van der Waals surface area contributed by atoms with E-state index < -0.39 is 0 Å². The second-order valence-electron chi connectivity index (χ2n) is 4.01. The van der Waals surface area contributed by atoms with Gasteiger partial charge in [0.1, 0.15) is 5.82 Å². The largest absolute Gasteiger partial charge is 0.365 e. The van der Waals surface area contributed by atoms with Crippen LogP contribution in [0.2, 0.25) is 0 Å². The van der Waals surface area contributed by atoms with Crippen LogP contribution in [0.1, 0.15) is 6.42 Å². The molecule has 2 aromatic heterocycles. The molecule has 0 amide bonds. The van der Waals surface area contributed by atoms with Gasteiger partial charge in [0.05, 0.1) is 5.69 Å². The van der Waals surface area contributed by atoms with Crippen molar-refractivity contribution >= 4 is 17.2 Å². The van der Waals surface area contributed by atoms with E-state index in [0.717, 1.165) is 24.6 Å². The molecule has 0 saturated carbocycles. The lowest BCUT2D eigenvalue weighted by Crippen LogP contribution is -2.22. The van der Waals surface area contributed by atoms with Gasteiger partial charge in [-0.1, -0.05) is 0 Å². The minimum Gasteiger partial charge on any atom is -0.365 e. The highest BCUT2D eigenvalue weighted by atomic mass is 32.1. The number of H-pyrrole nitrogens is 1. The van der Waals surface area contributed by atoms with Gasteiger partial charge in [-0.3, -0.25) is 5.10 Å². The molecule has 5 heteroatoms. The van der Waals surface area contributed by atoms with Crippen molar-refractivity contribution in [3.05, 3.63) is 22.9 Å². The van der Waals surface area contributed by atoms with Crippen molar-refractivity contribution in [3.8, 4) is 11.3 Å². The Balaban J connectivity index is 1.72. The van der Waals surface area contributed by atoms with E-state index in [1.54, 1.807) is 11.3 Å². The molecule has 1 aliphatic rings. The van der Waals surface area contributed by atoms with Crippen LogP contribution in [0.3, 0.4) is 0 Å². The van der Waals surface area contributed by atoms with Crippen LogP contribution in [-0.2, 0) is 0 Å². The first-order valence-corrected chi connectivity index (χ1v) is 6.41. The molecular weight excluding hydrogens is 220 g/mol. The van der Waals surface area contributed by atoms with E-state index in [2.05, 4.69) is 43.7 Å². The topological polar surface area (TPSA) is 52.7 Å². The lowest BCUT2D eigenvalue weighted by atomic mass is 10.2. The normalized spacial score (nSPS) is 20.1. The summed E-state index contributed by atoms with van der Waals surface area (Å²) in [5.74, 6) is 0.940. The Kier molecular flexibility index (Phi) is 2.63. The van der Waals surface area contributed by atoms with Crippen LogP contribution in [0.5, 0.6) is 0 Å². The van der Waals surface area contributed by atoms with Crippen LogP contribution in [0.4, 0.5) is 5.82 Å². The Bertz CT molecular complexity index is 442. The fraction of sp³-hybridized carbons (Fsp3) is 0.364. The van der Waals surface area contributed by atoms with Gasteiger partial charge in [-0.25, -0.2) is 0 Å². The van der Waals surface area contributed by atoms with Gasteiger partial charge in [0.15, 0.2) is 0 Å². The van der Waals surface area contributed by atoms with E-state index in [4.69, 9.17) is 0 Å². The fourth-order valence-corrected chi connectivity index (χ4v) is 2.60. The van der Waals surface area contributed by atoms with Gasteiger partial charge in [0, 0.05) is 29.6 Å². The van der Waals surface area contributed by atoms with Gasteiger partial charge in [0.25, 0.3) is 0 Å². The molecule has 3 heterocycles. The summed E-state index contributed by atoms with van der Waals surface area (Å²) in [4.78, 5) is 0. The van der Waals surface area contributed by atoms with Crippen LogP contribution in [0.15, 0.2) is 22.9 Å². The molecule has 1 fully saturated rings. The number of nitrogens with zero attached hydrogens (tertiary/aromatic N) is 1. The molecule has 0 radical (unpaired) electrons. The van der Waals surface area contributed by atoms with E-state index >= 15 is 0 Å². The molecule has 1 unspecified atom stereocenters. The molecule has 0 spiro atoms. The molecule has 0 aliphatic carbocycles. The molecule has 3 N–H and O–H groups in total. The predicted octanol–water partition coefficient (Wildman–Crippen LogP) is 1.91. The maximum Gasteiger partial charge on any atom is 0.148 e. The lowest BCUT2D eigenvalue weighted by molar-refractivity contribution is 0.786. The van der Waals surface area contributed by atoms with Crippen molar-refractivity contribution in [3.63, 3.8) is 0 Å². The van der Waals surface area contributed by atoms with Crippen molar-refractivity contribution < 1.29 is 0 Å². The Morgan fingerprint density at radius 3 is 3.25 bits per heavy atom. The summed E-state index contributed by atoms with van der Waals surface area (Å²) >= 11 is 1.70. The van der Waals surface area contributed by atoms with E-state index in [1.807, 2.05) is 0 Å². The van der Waals surface area contributed by atoms with E-state index in [-0.39, 0.29) is 0 Å². The van der Waals surface area contributed by atoms with Gasteiger partial charge in [-0.2, -0.15) is 16.4 Å². The molecule has 1 aliphatic heterocycles. The number of nitrogens with one attached hydrogen (secondary N) is 3. The third-order valence-corrected chi connectivity index (χ3v) is 3.51. The fourth-order valence-electron chi connectivity index (χ4n) is 1.95. The van der Waals surface area contributed by atoms with E-state index in [0.29, 0.717) is 6.04 Å². The lowest BCUT2D eigenvalue weighted by Gasteiger charge is -2.08. The van der Waals surface area contributed by atoms with Crippen LogP contribution < -0.4 is 10.6 Å². The molecule has 1 saturated heterocycles. The first kappa shape index (κ1) is 9.86. The minimum absolute atomic E-state index is 0.513. The average molecular weight is 234 g/mol. The summed E-state index contributed by atoms with van der Waals surface area (Å²) < 4.78 is 0. The number of anilines is 1. The summed E-state index contributed by atoms with van der Waals surface area (Å²) in [5.41, 5.74) is 2.28. The monoisotopic (exact) mass is 234 g/mol. The number of aromatic nitrogens is 2. The molecule has 84 valence electrons. The summed E-state index contributed by atoms with van der Waals surface area (Å²) in [6, 6.07) is 4.68. The smallest absolute Gasteiger partial charge is 0.148 e. The van der Waals surface area contributed by atoms with Gasteiger partial charge in [-0.15, -0.1) is 0 Å². The molecule has 3 rings (SSSR count). The summed E-state index contributed by atoms with van der Waals surface area (Å²) in [6.07, 6.45) is 1.17. The Hall–Kier alpha value is -1.33. The number of thiophene rings is 1. The highest BCUT2D eigenvalue weighted by molar-refractivity contribution is 7.08. The van der Waals surface area contributed by atoms with Crippen LogP contribution in [0.25, 0.3) is 11.3 Å². The first-order chi connectivity index (χ1) is 7.92. The molecule has 0 aromatic carbocycles. The van der Waals surface area contributed by atoms with Gasteiger partial charge in [-0.05, 0) is 24.4 Å². The van der Waals surface area contributed by atoms with Crippen molar-refractivity contribution in [1.82, 2.24) is 15.5 Å². The third-order valence-electron chi connectivity index (χ3n) is 2.82. The average Bonchev–Trinajstić information content (AvgIpc) is 2.99. The molecule has 0 bridgehead atoms. The summed E-state index contributed by atoms with van der Waals surface area (Å²) in [5, 5.41) is 18.3.